The van der Waals surface area contributed by atoms with Crippen LogP contribution >= 0.6 is 27.3 Å². The van der Waals surface area contributed by atoms with Crippen LogP contribution in [-0.2, 0) is 0 Å². The topological polar surface area (TPSA) is 29.1 Å². The molecule has 0 saturated heterocycles. The Hall–Kier alpha value is -0.610. The zero-order valence-corrected chi connectivity index (χ0v) is 9.67. The average Bonchev–Trinajstić information content (AvgIpc) is 2.47. The fourth-order valence-corrected chi connectivity index (χ4v) is 1.83. The molecule has 0 atom stereocenters. The van der Waals surface area contributed by atoms with Crippen LogP contribution in [0.4, 0.5) is 0 Å². The summed E-state index contributed by atoms with van der Waals surface area (Å²) in [5.41, 5.74) is 1.77. The normalized spacial score (nSPS) is 9.69. The van der Waals surface area contributed by atoms with Gasteiger partial charge in [-0.2, -0.15) is 11.3 Å². The molecule has 0 aliphatic carbocycles. The van der Waals surface area contributed by atoms with Gasteiger partial charge in [-0.25, -0.2) is 0 Å². The van der Waals surface area contributed by atoms with Crippen molar-refractivity contribution in [3.63, 3.8) is 0 Å². The summed E-state index contributed by atoms with van der Waals surface area (Å²) < 4.78 is 0.772. The molecule has 0 radical (unpaired) electrons. The number of halogens is 1. The lowest BCUT2D eigenvalue weighted by atomic mass is 10.2. The highest BCUT2D eigenvalue weighted by Crippen LogP contribution is 2.13. The number of hydrogen-bond donors (Lipinski definition) is 1. The van der Waals surface area contributed by atoms with Gasteiger partial charge in [0.05, 0.1) is 5.56 Å². The lowest BCUT2D eigenvalue weighted by Gasteiger charge is -2.02. The van der Waals surface area contributed by atoms with E-state index in [9.17, 15) is 4.79 Å². The van der Waals surface area contributed by atoms with Crippen molar-refractivity contribution in [1.29, 1.82) is 0 Å². The van der Waals surface area contributed by atoms with E-state index < -0.39 is 0 Å². The van der Waals surface area contributed by atoms with Gasteiger partial charge in [0.25, 0.3) is 5.91 Å². The van der Waals surface area contributed by atoms with E-state index in [0.29, 0.717) is 6.54 Å². The number of thiophene rings is 1. The first kappa shape index (κ1) is 10.5. The van der Waals surface area contributed by atoms with Gasteiger partial charge >= 0.3 is 0 Å². The van der Waals surface area contributed by atoms with Gasteiger partial charge in [-0.15, -0.1) is 0 Å². The van der Waals surface area contributed by atoms with E-state index in [0.717, 1.165) is 15.6 Å². The predicted molar refractivity (Wildman–Crippen MR) is 59.5 cm³/mol. The van der Waals surface area contributed by atoms with Crippen molar-refractivity contribution in [3.05, 3.63) is 32.9 Å². The summed E-state index contributed by atoms with van der Waals surface area (Å²) >= 11 is 4.71. The van der Waals surface area contributed by atoms with Crippen LogP contribution in [0.1, 0.15) is 15.9 Å². The van der Waals surface area contributed by atoms with E-state index in [1.165, 1.54) is 11.3 Å². The molecule has 70 valence electrons. The molecular formula is C9H10BrNOS. The molecule has 1 aromatic rings. The number of carbonyl (C=O) groups excluding carboxylic acids is 1. The van der Waals surface area contributed by atoms with Crippen LogP contribution in [0.3, 0.4) is 0 Å². The second-order valence-electron chi connectivity index (χ2n) is 2.67. The van der Waals surface area contributed by atoms with E-state index in [2.05, 4.69) is 27.8 Å². The molecular weight excluding hydrogens is 250 g/mol. The van der Waals surface area contributed by atoms with E-state index in [1.807, 2.05) is 17.7 Å². The van der Waals surface area contributed by atoms with Gasteiger partial charge in [0, 0.05) is 16.4 Å². The van der Waals surface area contributed by atoms with Crippen LogP contribution in [0.5, 0.6) is 0 Å². The van der Waals surface area contributed by atoms with Gasteiger partial charge in [0.2, 0.25) is 0 Å². The largest absolute Gasteiger partial charge is 0.347 e. The molecule has 4 heteroatoms. The minimum Gasteiger partial charge on any atom is -0.347 e. The molecule has 0 aliphatic heterocycles. The molecule has 0 saturated carbocycles. The van der Waals surface area contributed by atoms with E-state index in [4.69, 9.17) is 0 Å². The SMILES string of the molecule is C=C(Br)CNC(=O)c1cscc1C. The van der Waals surface area contributed by atoms with Gasteiger partial charge in [-0.1, -0.05) is 22.5 Å². The summed E-state index contributed by atoms with van der Waals surface area (Å²) in [7, 11) is 0. The Morgan fingerprint density at radius 3 is 2.85 bits per heavy atom. The van der Waals surface area contributed by atoms with Gasteiger partial charge in [-0.3, -0.25) is 4.79 Å². The summed E-state index contributed by atoms with van der Waals surface area (Å²) in [4.78, 5) is 11.5. The second-order valence-corrected chi connectivity index (χ2v) is 4.53. The molecule has 0 fully saturated rings. The third kappa shape index (κ3) is 2.97. The van der Waals surface area contributed by atoms with Crippen molar-refractivity contribution < 1.29 is 4.79 Å². The maximum absolute atomic E-state index is 11.5. The summed E-state index contributed by atoms with van der Waals surface area (Å²) in [5, 5.41) is 6.55. The Bertz CT molecular complexity index is 332. The van der Waals surface area contributed by atoms with E-state index in [-0.39, 0.29) is 5.91 Å². The Kier molecular flexibility index (Phi) is 3.69. The molecule has 1 heterocycles. The van der Waals surface area contributed by atoms with Crippen molar-refractivity contribution in [2.75, 3.05) is 6.54 Å². The molecule has 1 aromatic heterocycles. The third-order valence-corrected chi connectivity index (χ3v) is 2.68. The first-order chi connectivity index (χ1) is 6.11. The first-order valence-electron chi connectivity index (χ1n) is 3.75. The Balaban J connectivity index is 2.59. The highest BCUT2D eigenvalue weighted by atomic mass is 79.9. The molecule has 0 bridgehead atoms. The fourth-order valence-electron chi connectivity index (χ4n) is 0.865. The van der Waals surface area contributed by atoms with Crippen LogP contribution in [0.25, 0.3) is 0 Å². The number of amides is 1. The zero-order valence-electron chi connectivity index (χ0n) is 7.26. The summed E-state index contributed by atoms with van der Waals surface area (Å²) in [6.07, 6.45) is 0. The van der Waals surface area contributed by atoms with Gasteiger partial charge in [0.1, 0.15) is 0 Å². The lowest BCUT2D eigenvalue weighted by molar-refractivity contribution is 0.0957. The van der Waals surface area contributed by atoms with Crippen LogP contribution < -0.4 is 5.32 Å². The molecule has 0 aliphatic rings. The molecule has 13 heavy (non-hydrogen) atoms. The van der Waals surface area contributed by atoms with E-state index in [1.54, 1.807) is 0 Å². The number of aryl methyl sites for hydroxylation is 1. The summed E-state index contributed by atoms with van der Waals surface area (Å²) in [6, 6.07) is 0. The Morgan fingerprint density at radius 1 is 1.69 bits per heavy atom. The van der Waals surface area contributed by atoms with Crippen molar-refractivity contribution in [2.45, 2.75) is 6.92 Å². The molecule has 1 amide bonds. The fraction of sp³-hybridized carbons (Fsp3) is 0.222. The van der Waals surface area contributed by atoms with Crippen LogP contribution in [0, 0.1) is 6.92 Å². The van der Waals surface area contributed by atoms with Crippen molar-refractivity contribution in [3.8, 4) is 0 Å². The molecule has 0 unspecified atom stereocenters. The third-order valence-electron chi connectivity index (χ3n) is 1.54. The van der Waals surface area contributed by atoms with Gasteiger partial charge in [0.15, 0.2) is 0 Å². The highest BCUT2D eigenvalue weighted by molar-refractivity contribution is 9.11. The second kappa shape index (κ2) is 4.58. The first-order valence-corrected chi connectivity index (χ1v) is 5.49. The number of hydrogen-bond acceptors (Lipinski definition) is 2. The van der Waals surface area contributed by atoms with Gasteiger partial charge in [-0.05, 0) is 17.9 Å². The van der Waals surface area contributed by atoms with Crippen molar-refractivity contribution in [1.82, 2.24) is 5.32 Å². The number of nitrogens with one attached hydrogen (secondary N) is 1. The van der Waals surface area contributed by atoms with E-state index >= 15 is 0 Å². The molecule has 1 N–H and O–H groups in total. The molecule has 0 aromatic carbocycles. The quantitative estimate of drug-likeness (QED) is 0.889. The number of carbonyl (C=O) groups is 1. The van der Waals surface area contributed by atoms with Gasteiger partial charge < -0.3 is 5.32 Å². The van der Waals surface area contributed by atoms with Crippen molar-refractivity contribution in [2.24, 2.45) is 0 Å². The minimum absolute atomic E-state index is 0.0423. The average molecular weight is 260 g/mol. The lowest BCUT2D eigenvalue weighted by Crippen LogP contribution is -2.24. The summed E-state index contributed by atoms with van der Waals surface area (Å²) in [5.74, 6) is -0.0423. The molecule has 1 rings (SSSR count). The maximum Gasteiger partial charge on any atom is 0.252 e. The van der Waals surface area contributed by atoms with Crippen LogP contribution in [-0.4, -0.2) is 12.5 Å². The Labute approximate surface area is 89.8 Å². The smallest absolute Gasteiger partial charge is 0.252 e. The Morgan fingerprint density at radius 2 is 2.38 bits per heavy atom. The van der Waals surface area contributed by atoms with Crippen LogP contribution in [0.15, 0.2) is 21.8 Å². The zero-order chi connectivity index (χ0) is 9.84. The number of rotatable bonds is 3. The monoisotopic (exact) mass is 259 g/mol. The maximum atomic E-state index is 11.5. The standard InChI is InChI=1S/C9H10BrNOS/c1-6-4-13-5-8(6)9(12)11-3-7(2)10/h4-5H,2-3H2,1H3,(H,11,12). The minimum atomic E-state index is -0.0423. The molecule has 0 spiro atoms. The van der Waals surface area contributed by atoms with Crippen LogP contribution in [0.2, 0.25) is 0 Å². The highest BCUT2D eigenvalue weighted by Gasteiger charge is 2.08. The summed E-state index contributed by atoms with van der Waals surface area (Å²) in [6.45, 7) is 6.03. The van der Waals surface area contributed by atoms with Crippen molar-refractivity contribution >= 4 is 33.2 Å². The molecule has 2 nitrogen and oxygen atoms in total. The predicted octanol–water partition coefficient (Wildman–Crippen LogP) is 2.69.